The van der Waals surface area contributed by atoms with E-state index in [-0.39, 0.29) is 6.10 Å². The van der Waals surface area contributed by atoms with Gasteiger partial charge in [0.25, 0.3) is 0 Å². The summed E-state index contributed by atoms with van der Waals surface area (Å²) in [5.41, 5.74) is 4.39. The van der Waals surface area contributed by atoms with Crippen LogP contribution in [0.3, 0.4) is 0 Å². The molecule has 3 aliphatic rings. The van der Waals surface area contributed by atoms with E-state index in [2.05, 4.69) is 30.3 Å². The fourth-order valence-corrected chi connectivity index (χ4v) is 4.43. The Kier molecular flexibility index (Phi) is 2.77. The standard InChI is InChI=1S/C18H22O/c19-18(13-7-2-1-3-8-13)17-15-11-10-12-6-4-5-9-14(12)16(15)17/h4-7,9,15-19H,1-3,8,10-11H2. The van der Waals surface area contributed by atoms with E-state index >= 15 is 0 Å². The minimum absolute atomic E-state index is 0.165. The van der Waals surface area contributed by atoms with E-state index < -0.39 is 0 Å². The van der Waals surface area contributed by atoms with Crippen LogP contribution in [0.4, 0.5) is 0 Å². The van der Waals surface area contributed by atoms with Gasteiger partial charge in [0.15, 0.2) is 0 Å². The Morgan fingerprint density at radius 2 is 2.00 bits per heavy atom. The smallest absolute Gasteiger partial charge is 0.0787 e. The maximum Gasteiger partial charge on any atom is 0.0787 e. The summed E-state index contributed by atoms with van der Waals surface area (Å²) < 4.78 is 0. The second-order valence-corrected chi connectivity index (χ2v) is 6.47. The lowest BCUT2D eigenvalue weighted by atomic mass is 9.91. The van der Waals surface area contributed by atoms with Gasteiger partial charge in [-0.25, -0.2) is 0 Å². The summed E-state index contributed by atoms with van der Waals surface area (Å²) in [4.78, 5) is 0. The van der Waals surface area contributed by atoms with Crippen LogP contribution in [0.25, 0.3) is 0 Å². The zero-order chi connectivity index (χ0) is 12.8. The molecule has 4 unspecified atom stereocenters. The molecule has 1 aromatic rings. The maximum atomic E-state index is 10.7. The molecule has 0 radical (unpaired) electrons. The van der Waals surface area contributed by atoms with Gasteiger partial charge >= 0.3 is 0 Å². The van der Waals surface area contributed by atoms with Crippen LogP contribution in [0.5, 0.6) is 0 Å². The molecule has 1 saturated carbocycles. The van der Waals surface area contributed by atoms with Crippen LogP contribution >= 0.6 is 0 Å². The van der Waals surface area contributed by atoms with Crippen molar-refractivity contribution in [3.63, 3.8) is 0 Å². The van der Waals surface area contributed by atoms with Crippen LogP contribution in [0, 0.1) is 11.8 Å². The highest BCUT2D eigenvalue weighted by atomic mass is 16.3. The minimum Gasteiger partial charge on any atom is -0.388 e. The lowest BCUT2D eigenvalue weighted by Crippen LogP contribution is -2.16. The van der Waals surface area contributed by atoms with E-state index in [1.807, 2.05) is 0 Å². The van der Waals surface area contributed by atoms with Crippen molar-refractivity contribution in [1.82, 2.24) is 0 Å². The summed E-state index contributed by atoms with van der Waals surface area (Å²) in [7, 11) is 0. The maximum absolute atomic E-state index is 10.7. The van der Waals surface area contributed by atoms with Crippen LogP contribution in [-0.2, 0) is 6.42 Å². The number of fused-ring (bicyclic) bond motifs is 3. The van der Waals surface area contributed by atoms with Gasteiger partial charge in [0.2, 0.25) is 0 Å². The van der Waals surface area contributed by atoms with Crippen molar-refractivity contribution in [3.05, 3.63) is 47.0 Å². The molecule has 0 spiro atoms. The van der Waals surface area contributed by atoms with Crippen molar-refractivity contribution in [1.29, 1.82) is 0 Å². The Morgan fingerprint density at radius 3 is 2.84 bits per heavy atom. The summed E-state index contributed by atoms with van der Waals surface area (Å²) in [6.45, 7) is 0. The zero-order valence-electron chi connectivity index (χ0n) is 11.4. The Hall–Kier alpha value is -1.08. The highest BCUT2D eigenvalue weighted by Crippen LogP contribution is 2.62. The molecule has 1 heteroatoms. The first kappa shape index (κ1) is 11.7. The van der Waals surface area contributed by atoms with E-state index in [1.165, 1.54) is 48.8 Å². The fourth-order valence-electron chi connectivity index (χ4n) is 4.43. The average Bonchev–Trinajstić information content (AvgIpc) is 3.22. The number of aliphatic hydroxyl groups excluding tert-OH is 1. The van der Waals surface area contributed by atoms with Crippen LogP contribution in [0.2, 0.25) is 0 Å². The van der Waals surface area contributed by atoms with Gasteiger partial charge in [0.05, 0.1) is 6.10 Å². The Balaban J connectivity index is 1.58. The zero-order valence-corrected chi connectivity index (χ0v) is 11.4. The van der Waals surface area contributed by atoms with Crippen LogP contribution in [0.1, 0.15) is 49.1 Å². The van der Waals surface area contributed by atoms with Gasteiger partial charge in [0, 0.05) is 0 Å². The molecule has 0 bridgehead atoms. The van der Waals surface area contributed by atoms with Crippen molar-refractivity contribution in [2.24, 2.45) is 11.8 Å². The molecule has 0 aromatic heterocycles. The van der Waals surface area contributed by atoms with Crippen molar-refractivity contribution in [2.75, 3.05) is 0 Å². The largest absolute Gasteiger partial charge is 0.388 e. The first-order chi connectivity index (χ1) is 9.36. The van der Waals surface area contributed by atoms with E-state index in [4.69, 9.17) is 0 Å². The fraction of sp³-hybridized carbons (Fsp3) is 0.556. The summed E-state index contributed by atoms with van der Waals surface area (Å²) >= 11 is 0. The van der Waals surface area contributed by atoms with Gasteiger partial charge in [0.1, 0.15) is 0 Å². The molecule has 0 saturated heterocycles. The van der Waals surface area contributed by atoms with E-state index in [1.54, 1.807) is 0 Å². The van der Waals surface area contributed by atoms with Crippen LogP contribution < -0.4 is 0 Å². The molecule has 1 aromatic carbocycles. The molecule has 0 amide bonds. The van der Waals surface area contributed by atoms with Crippen LogP contribution in [-0.4, -0.2) is 11.2 Å². The highest BCUT2D eigenvalue weighted by molar-refractivity contribution is 5.41. The van der Waals surface area contributed by atoms with Crippen molar-refractivity contribution >= 4 is 0 Å². The molecule has 0 aliphatic heterocycles. The molecule has 1 N–H and O–H groups in total. The number of benzene rings is 1. The monoisotopic (exact) mass is 254 g/mol. The number of allylic oxidation sites excluding steroid dienone is 1. The Bertz CT molecular complexity index is 516. The van der Waals surface area contributed by atoms with Crippen LogP contribution in [0.15, 0.2) is 35.9 Å². The third kappa shape index (κ3) is 1.87. The van der Waals surface area contributed by atoms with Gasteiger partial charge in [-0.05, 0) is 73.0 Å². The van der Waals surface area contributed by atoms with Gasteiger partial charge < -0.3 is 5.11 Å². The molecule has 3 aliphatic carbocycles. The highest BCUT2D eigenvalue weighted by Gasteiger charge is 2.56. The lowest BCUT2D eigenvalue weighted by Gasteiger charge is -2.19. The molecule has 1 nitrogen and oxygen atoms in total. The predicted molar refractivity (Wildman–Crippen MR) is 77.0 cm³/mol. The summed E-state index contributed by atoms with van der Waals surface area (Å²) in [6.07, 6.45) is 9.49. The molecule has 100 valence electrons. The second-order valence-electron chi connectivity index (χ2n) is 6.47. The topological polar surface area (TPSA) is 20.2 Å². The van der Waals surface area contributed by atoms with E-state index in [9.17, 15) is 5.11 Å². The first-order valence-corrected chi connectivity index (χ1v) is 7.81. The SMILES string of the molecule is OC(C1=CCCCC1)C1C2CCc3ccccc3C21. The lowest BCUT2D eigenvalue weighted by molar-refractivity contribution is 0.172. The van der Waals surface area contributed by atoms with Gasteiger partial charge in [-0.15, -0.1) is 0 Å². The first-order valence-electron chi connectivity index (χ1n) is 7.81. The summed E-state index contributed by atoms with van der Waals surface area (Å²) in [6, 6.07) is 8.86. The third-order valence-electron chi connectivity index (χ3n) is 5.46. The summed E-state index contributed by atoms with van der Waals surface area (Å²) in [5, 5.41) is 10.7. The average molecular weight is 254 g/mol. The van der Waals surface area contributed by atoms with Gasteiger partial charge in [-0.1, -0.05) is 30.3 Å². The number of rotatable bonds is 2. The Labute approximate surface area is 115 Å². The molecule has 4 rings (SSSR count). The molecular weight excluding hydrogens is 232 g/mol. The predicted octanol–water partition coefficient (Wildman–Crippen LogP) is 3.82. The quantitative estimate of drug-likeness (QED) is 0.795. The number of aryl methyl sites for hydroxylation is 1. The number of aliphatic hydroxyl groups is 1. The van der Waals surface area contributed by atoms with Crippen molar-refractivity contribution in [3.8, 4) is 0 Å². The van der Waals surface area contributed by atoms with Gasteiger partial charge in [-0.2, -0.15) is 0 Å². The minimum atomic E-state index is -0.165. The normalized spacial score (nSPS) is 33.9. The van der Waals surface area contributed by atoms with Gasteiger partial charge in [-0.3, -0.25) is 0 Å². The third-order valence-corrected chi connectivity index (χ3v) is 5.46. The molecular formula is C18H22O. The molecule has 4 atom stereocenters. The molecule has 0 heterocycles. The number of hydrogen-bond acceptors (Lipinski definition) is 1. The van der Waals surface area contributed by atoms with E-state index in [0.29, 0.717) is 11.8 Å². The Morgan fingerprint density at radius 1 is 1.11 bits per heavy atom. The molecule has 1 fully saturated rings. The summed E-state index contributed by atoms with van der Waals surface area (Å²) in [5.74, 6) is 1.89. The molecule has 19 heavy (non-hydrogen) atoms. The van der Waals surface area contributed by atoms with E-state index in [0.717, 1.165) is 12.3 Å². The second kappa shape index (κ2) is 4.49. The number of hydrogen-bond donors (Lipinski definition) is 1. The van der Waals surface area contributed by atoms with Crippen molar-refractivity contribution < 1.29 is 5.11 Å². The van der Waals surface area contributed by atoms with Crippen molar-refractivity contribution in [2.45, 2.75) is 50.5 Å².